The summed E-state index contributed by atoms with van der Waals surface area (Å²) in [7, 11) is 0. The highest BCUT2D eigenvalue weighted by Crippen LogP contribution is 2.29. The van der Waals surface area contributed by atoms with Crippen molar-refractivity contribution in [1.82, 2.24) is 9.97 Å². The maximum Gasteiger partial charge on any atom is 0.258 e. The molecular weight excluding hydrogens is 392 g/mol. The Morgan fingerprint density at radius 3 is 1.50 bits per heavy atom. The van der Waals surface area contributed by atoms with Crippen LogP contribution >= 0.6 is 22.7 Å². The van der Waals surface area contributed by atoms with Crippen LogP contribution in [-0.4, -0.2) is 21.8 Å². The number of benzene rings is 2. The third-order valence-electron chi connectivity index (χ3n) is 3.94. The van der Waals surface area contributed by atoms with Crippen LogP contribution in [0.1, 0.15) is 20.7 Å². The van der Waals surface area contributed by atoms with Gasteiger partial charge in [0.1, 0.15) is 0 Å². The molecule has 8 heteroatoms. The number of thiazole rings is 2. The summed E-state index contributed by atoms with van der Waals surface area (Å²) in [6, 6.07) is 14.4. The highest BCUT2D eigenvalue weighted by atomic mass is 32.1. The van der Waals surface area contributed by atoms with E-state index >= 15 is 0 Å². The number of rotatable bonds is 5. The predicted octanol–water partition coefficient (Wildman–Crippen LogP) is 4.77. The van der Waals surface area contributed by atoms with Gasteiger partial charge in [-0.15, -0.1) is 22.7 Å². The number of carbonyl (C=O) groups excluding carboxylic acids is 2. The first kappa shape index (κ1) is 18.0. The molecule has 4 aromatic rings. The van der Waals surface area contributed by atoms with Gasteiger partial charge in [0.2, 0.25) is 0 Å². The number of hydrogen-bond donors (Lipinski definition) is 2. The second kappa shape index (κ2) is 8.12. The quantitative estimate of drug-likeness (QED) is 0.500. The molecule has 28 heavy (non-hydrogen) atoms. The first-order valence-corrected chi connectivity index (χ1v) is 10.1. The van der Waals surface area contributed by atoms with Crippen LogP contribution in [0, 0.1) is 0 Å². The van der Waals surface area contributed by atoms with Crippen LogP contribution in [0.15, 0.2) is 71.7 Å². The molecule has 6 nitrogen and oxygen atoms in total. The van der Waals surface area contributed by atoms with Crippen molar-refractivity contribution in [2.75, 3.05) is 10.6 Å². The number of carbonyl (C=O) groups is 2. The highest BCUT2D eigenvalue weighted by molar-refractivity contribution is 7.14. The van der Waals surface area contributed by atoms with Crippen molar-refractivity contribution in [2.24, 2.45) is 0 Å². The van der Waals surface area contributed by atoms with Gasteiger partial charge in [-0.05, 0) is 23.3 Å². The van der Waals surface area contributed by atoms with Gasteiger partial charge in [0.25, 0.3) is 11.8 Å². The second-order valence-corrected chi connectivity index (χ2v) is 7.46. The zero-order chi connectivity index (χ0) is 19.3. The summed E-state index contributed by atoms with van der Waals surface area (Å²) >= 11 is 2.69. The lowest BCUT2D eigenvalue weighted by molar-refractivity contribution is 0.101. The summed E-state index contributed by atoms with van der Waals surface area (Å²) in [5, 5.41) is 10.2. The number of nitrogens with one attached hydrogen (secondary N) is 2. The van der Waals surface area contributed by atoms with E-state index < -0.39 is 0 Å². The van der Waals surface area contributed by atoms with Crippen molar-refractivity contribution in [3.8, 4) is 11.1 Å². The molecule has 0 radical (unpaired) electrons. The molecule has 138 valence electrons. The fraction of sp³-hybridized carbons (Fsp3) is 0. The van der Waals surface area contributed by atoms with Gasteiger partial charge >= 0.3 is 0 Å². The molecule has 0 aliphatic heterocycles. The Morgan fingerprint density at radius 2 is 1.11 bits per heavy atom. The normalized spacial score (nSPS) is 10.4. The van der Waals surface area contributed by atoms with E-state index in [9.17, 15) is 9.59 Å². The Morgan fingerprint density at radius 1 is 0.679 bits per heavy atom. The van der Waals surface area contributed by atoms with E-state index in [1.54, 1.807) is 47.4 Å². The lowest BCUT2D eigenvalue weighted by atomic mass is 9.94. The molecule has 2 heterocycles. The minimum Gasteiger partial charge on any atom is -0.298 e. The topological polar surface area (TPSA) is 84.0 Å². The van der Waals surface area contributed by atoms with Crippen LogP contribution in [0.4, 0.5) is 10.3 Å². The summed E-state index contributed by atoms with van der Waals surface area (Å²) in [4.78, 5) is 33.8. The molecule has 2 amide bonds. The molecule has 2 aromatic carbocycles. The van der Waals surface area contributed by atoms with Crippen molar-refractivity contribution in [3.05, 3.63) is 82.8 Å². The molecule has 0 unspecified atom stereocenters. The lowest BCUT2D eigenvalue weighted by Crippen LogP contribution is -2.15. The zero-order valence-electron chi connectivity index (χ0n) is 14.5. The molecule has 0 saturated carbocycles. The molecule has 4 rings (SSSR count). The van der Waals surface area contributed by atoms with Crippen LogP contribution in [0.3, 0.4) is 0 Å². The summed E-state index contributed by atoms with van der Waals surface area (Å²) in [6.45, 7) is 0. The zero-order valence-corrected chi connectivity index (χ0v) is 16.1. The molecule has 0 aliphatic rings. The first-order valence-electron chi connectivity index (χ1n) is 8.32. The Balaban J connectivity index is 1.70. The van der Waals surface area contributed by atoms with Gasteiger partial charge in [-0.25, -0.2) is 9.97 Å². The summed E-state index contributed by atoms with van der Waals surface area (Å²) in [5.74, 6) is -0.554. The van der Waals surface area contributed by atoms with Crippen molar-refractivity contribution >= 4 is 44.8 Å². The molecule has 0 saturated heterocycles. The number of hydrogen-bond acceptors (Lipinski definition) is 6. The van der Waals surface area contributed by atoms with E-state index in [1.807, 2.05) is 24.3 Å². The first-order chi connectivity index (χ1) is 13.7. The molecule has 2 N–H and O–H groups in total. The van der Waals surface area contributed by atoms with Crippen LogP contribution in [0.2, 0.25) is 0 Å². The Kier molecular flexibility index (Phi) is 5.22. The van der Waals surface area contributed by atoms with Crippen molar-refractivity contribution in [1.29, 1.82) is 0 Å². The van der Waals surface area contributed by atoms with Crippen LogP contribution < -0.4 is 10.6 Å². The molecule has 0 fully saturated rings. The van der Waals surface area contributed by atoms with Crippen molar-refractivity contribution in [2.45, 2.75) is 0 Å². The van der Waals surface area contributed by atoms with Crippen LogP contribution in [0.25, 0.3) is 11.1 Å². The molecule has 0 aliphatic carbocycles. The SMILES string of the molecule is O=C(Nc1nccs1)c1ccccc1-c1ccccc1C(=O)Nc1nccs1. The molecular formula is C20H14N4O2S2. The van der Waals surface area contributed by atoms with Gasteiger partial charge in [-0.3, -0.25) is 20.2 Å². The van der Waals surface area contributed by atoms with E-state index in [0.29, 0.717) is 32.5 Å². The average molecular weight is 406 g/mol. The van der Waals surface area contributed by atoms with E-state index in [4.69, 9.17) is 0 Å². The third kappa shape index (κ3) is 3.83. The fourth-order valence-corrected chi connectivity index (χ4v) is 3.78. The van der Waals surface area contributed by atoms with Gasteiger partial charge < -0.3 is 0 Å². The van der Waals surface area contributed by atoms with Gasteiger partial charge in [0.05, 0.1) is 0 Å². The molecule has 2 aromatic heterocycles. The van der Waals surface area contributed by atoms with Gasteiger partial charge in [0.15, 0.2) is 10.3 Å². The number of aromatic nitrogens is 2. The molecule has 0 bridgehead atoms. The van der Waals surface area contributed by atoms with Gasteiger partial charge in [-0.1, -0.05) is 36.4 Å². The average Bonchev–Trinajstić information content (AvgIpc) is 3.42. The third-order valence-corrected chi connectivity index (χ3v) is 5.32. The maximum absolute atomic E-state index is 12.8. The predicted molar refractivity (Wildman–Crippen MR) is 112 cm³/mol. The standard InChI is InChI=1S/C20H14N4O2S2/c25-17(23-19-21-9-11-27-19)15-7-3-1-5-13(15)14-6-2-4-8-16(14)18(26)24-20-22-10-12-28-20/h1-12H,(H,21,23,25)(H,22,24,26). The smallest absolute Gasteiger partial charge is 0.258 e. The minimum absolute atomic E-state index is 0.277. The monoisotopic (exact) mass is 406 g/mol. The molecule has 0 atom stereocenters. The Hall–Kier alpha value is -3.36. The van der Waals surface area contributed by atoms with E-state index in [1.165, 1.54) is 22.7 Å². The second-order valence-electron chi connectivity index (χ2n) is 5.67. The number of nitrogens with zero attached hydrogens (tertiary/aromatic N) is 2. The largest absolute Gasteiger partial charge is 0.298 e. The van der Waals surface area contributed by atoms with E-state index in [2.05, 4.69) is 20.6 Å². The number of amides is 2. The van der Waals surface area contributed by atoms with Gasteiger partial charge in [-0.2, -0.15) is 0 Å². The number of anilines is 2. The Bertz CT molecular complexity index is 1020. The summed E-state index contributed by atoms with van der Waals surface area (Å²) < 4.78 is 0. The summed E-state index contributed by atoms with van der Waals surface area (Å²) in [5.41, 5.74) is 2.27. The lowest BCUT2D eigenvalue weighted by Gasteiger charge is -2.13. The fourth-order valence-electron chi connectivity index (χ4n) is 2.73. The van der Waals surface area contributed by atoms with E-state index in [0.717, 1.165) is 0 Å². The van der Waals surface area contributed by atoms with Crippen LogP contribution in [-0.2, 0) is 0 Å². The van der Waals surface area contributed by atoms with Gasteiger partial charge in [0, 0.05) is 34.3 Å². The van der Waals surface area contributed by atoms with Crippen molar-refractivity contribution in [3.63, 3.8) is 0 Å². The van der Waals surface area contributed by atoms with Crippen molar-refractivity contribution < 1.29 is 9.59 Å². The maximum atomic E-state index is 12.8. The Labute approximate surface area is 168 Å². The molecule has 0 spiro atoms. The summed E-state index contributed by atoms with van der Waals surface area (Å²) in [6.07, 6.45) is 3.26. The minimum atomic E-state index is -0.277. The highest BCUT2D eigenvalue weighted by Gasteiger charge is 2.19. The van der Waals surface area contributed by atoms with Crippen LogP contribution in [0.5, 0.6) is 0 Å². The van der Waals surface area contributed by atoms with E-state index in [-0.39, 0.29) is 11.8 Å².